The maximum Gasteiger partial charge on any atom is 0.150 e. The number of nitrogens with one attached hydrogen (secondary N) is 1. The molecule has 1 fully saturated rings. The maximum absolute atomic E-state index is 11.6. The zero-order valence-corrected chi connectivity index (χ0v) is 12.9. The summed E-state index contributed by atoms with van der Waals surface area (Å²) in [7, 11) is -2.94. The van der Waals surface area contributed by atoms with E-state index in [1.165, 1.54) is 6.26 Å². The fraction of sp³-hybridized carbons (Fsp3) is 0.571. The number of hydrogen-bond acceptors (Lipinski definition) is 3. The van der Waals surface area contributed by atoms with E-state index in [1.54, 1.807) is 0 Å². The van der Waals surface area contributed by atoms with Crippen LogP contribution in [0.1, 0.15) is 31.2 Å². The van der Waals surface area contributed by atoms with Crippen LogP contribution < -0.4 is 5.32 Å². The van der Waals surface area contributed by atoms with Crippen molar-refractivity contribution in [3.8, 4) is 0 Å². The van der Waals surface area contributed by atoms with Crippen LogP contribution in [0, 0.1) is 6.92 Å². The number of sulfone groups is 1. The van der Waals surface area contributed by atoms with E-state index in [0.29, 0.717) is 11.4 Å². The molecule has 0 amide bonds. The molecule has 0 saturated heterocycles. The second-order valence-electron chi connectivity index (χ2n) is 5.44. The Morgan fingerprint density at radius 1 is 1.32 bits per heavy atom. The highest BCUT2D eigenvalue weighted by Crippen LogP contribution is 2.29. The molecule has 19 heavy (non-hydrogen) atoms. The summed E-state index contributed by atoms with van der Waals surface area (Å²) in [6.45, 7) is 2.00. The minimum Gasteiger partial charge on any atom is -0.381 e. The standard InChI is InChI=1S/C14H20ClNO2S/c1-10-6-7-14(13(15)8-10)16-11-4-3-5-12(9-11)19(2,17)18/h6-8,11-12,16H,3-5,9H2,1-2H3. The van der Waals surface area contributed by atoms with Crippen LogP contribution in [0.3, 0.4) is 0 Å². The summed E-state index contributed by atoms with van der Waals surface area (Å²) in [4.78, 5) is 0. The molecule has 1 N–H and O–H groups in total. The van der Waals surface area contributed by atoms with Crippen LogP contribution in [0.4, 0.5) is 5.69 Å². The monoisotopic (exact) mass is 301 g/mol. The van der Waals surface area contributed by atoms with E-state index in [9.17, 15) is 8.42 Å². The number of aryl methyl sites for hydroxylation is 1. The van der Waals surface area contributed by atoms with Crippen molar-refractivity contribution >= 4 is 27.1 Å². The van der Waals surface area contributed by atoms with E-state index in [2.05, 4.69) is 5.32 Å². The summed E-state index contributed by atoms with van der Waals surface area (Å²) < 4.78 is 23.3. The van der Waals surface area contributed by atoms with Crippen LogP contribution in [-0.4, -0.2) is 26.0 Å². The van der Waals surface area contributed by atoms with Gasteiger partial charge in [-0.15, -0.1) is 0 Å². The minimum atomic E-state index is -2.94. The van der Waals surface area contributed by atoms with Gasteiger partial charge in [-0.25, -0.2) is 8.42 Å². The van der Waals surface area contributed by atoms with Gasteiger partial charge in [0.1, 0.15) is 9.84 Å². The van der Waals surface area contributed by atoms with E-state index >= 15 is 0 Å². The number of hydrogen-bond donors (Lipinski definition) is 1. The van der Waals surface area contributed by atoms with Crippen molar-refractivity contribution in [2.75, 3.05) is 11.6 Å². The summed E-state index contributed by atoms with van der Waals surface area (Å²) in [6, 6.07) is 6.07. The second kappa shape index (κ2) is 5.71. The Bertz CT molecular complexity index is 557. The summed E-state index contributed by atoms with van der Waals surface area (Å²) >= 11 is 6.19. The van der Waals surface area contributed by atoms with E-state index in [4.69, 9.17) is 11.6 Å². The molecule has 5 heteroatoms. The molecule has 0 heterocycles. The largest absolute Gasteiger partial charge is 0.381 e. The predicted octanol–water partition coefficient (Wildman–Crippen LogP) is 3.42. The Hall–Kier alpha value is -0.740. The second-order valence-corrected chi connectivity index (χ2v) is 8.18. The number of halogens is 1. The van der Waals surface area contributed by atoms with Gasteiger partial charge in [0.25, 0.3) is 0 Å². The van der Waals surface area contributed by atoms with Gasteiger partial charge in [-0.2, -0.15) is 0 Å². The van der Waals surface area contributed by atoms with Crippen LogP contribution in [-0.2, 0) is 9.84 Å². The van der Waals surface area contributed by atoms with Gasteiger partial charge in [0.15, 0.2) is 0 Å². The Morgan fingerprint density at radius 3 is 2.68 bits per heavy atom. The zero-order chi connectivity index (χ0) is 14.0. The minimum absolute atomic E-state index is 0.189. The molecule has 0 aromatic heterocycles. The third-order valence-corrected chi connectivity index (χ3v) is 5.67. The first kappa shape index (κ1) is 14.7. The van der Waals surface area contributed by atoms with Crippen molar-refractivity contribution in [3.63, 3.8) is 0 Å². The lowest BCUT2D eigenvalue weighted by molar-refractivity contribution is 0.453. The molecule has 1 aromatic carbocycles. The normalized spacial score (nSPS) is 24.2. The van der Waals surface area contributed by atoms with Crippen LogP contribution in [0.2, 0.25) is 5.02 Å². The van der Waals surface area contributed by atoms with Crippen molar-refractivity contribution in [1.82, 2.24) is 0 Å². The molecule has 0 aliphatic heterocycles. The van der Waals surface area contributed by atoms with Crippen LogP contribution in [0.5, 0.6) is 0 Å². The molecule has 0 bridgehead atoms. The molecule has 0 spiro atoms. The lowest BCUT2D eigenvalue weighted by Crippen LogP contribution is -2.34. The Morgan fingerprint density at radius 2 is 2.05 bits per heavy atom. The van der Waals surface area contributed by atoms with Gasteiger partial charge in [0, 0.05) is 12.3 Å². The summed E-state index contributed by atoms with van der Waals surface area (Å²) in [5, 5.41) is 3.86. The molecule has 1 aromatic rings. The highest BCUT2D eigenvalue weighted by molar-refractivity contribution is 7.91. The highest BCUT2D eigenvalue weighted by Gasteiger charge is 2.28. The molecule has 106 valence electrons. The highest BCUT2D eigenvalue weighted by atomic mass is 35.5. The molecule has 3 nitrogen and oxygen atoms in total. The first-order chi connectivity index (χ1) is 8.86. The fourth-order valence-corrected chi connectivity index (χ4v) is 4.09. The van der Waals surface area contributed by atoms with E-state index in [1.807, 2.05) is 25.1 Å². The molecular formula is C14H20ClNO2S. The summed E-state index contributed by atoms with van der Waals surface area (Å²) in [5.74, 6) is 0. The zero-order valence-electron chi connectivity index (χ0n) is 11.3. The van der Waals surface area contributed by atoms with Crippen molar-refractivity contribution < 1.29 is 8.42 Å². The van der Waals surface area contributed by atoms with E-state index in [-0.39, 0.29) is 11.3 Å². The quantitative estimate of drug-likeness (QED) is 0.930. The SMILES string of the molecule is Cc1ccc(NC2CCCC(S(C)(=O)=O)C2)c(Cl)c1. The van der Waals surface area contributed by atoms with Crippen molar-refractivity contribution in [2.24, 2.45) is 0 Å². The average molecular weight is 302 g/mol. The maximum atomic E-state index is 11.6. The first-order valence-corrected chi connectivity index (χ1v) is 8.91. The third-order valence-electron chi connectivity index (χ3n) is 3.72. The number of rotatable bonds is 3. The fourth-order valence-electron chi connectivity index (χ4n) is 2.62. The molecule has 1 saturated carbocycles. The van der Waals surface area contributed by atoms with E-state index < -0.39 is 9.84 Å². The van der Waals surface area contributed by atoms with Gasteiger partial charge in [-0.05, 0) is 43.9 Å². The Labute approximate surface area is 120 Å². The molecule has 2 unspecified atom stereocenters. The van der Waals surface area contributed by atoms with Gasteiger partial charge in [-0.1, -0.05) is 24.1 Å². The van der Waals surface area contributed by atoms with Crippen LogP contribution in [0.15, 0.2) is 18.2 Å². The van der Waals surface area contributed by atoms with Gasteiger partial charge >= 0.3 is 0 Å². The molecule has 1 aliphatic carbocycles. The summed E-state index contributed by atoms with van der Waals surface area (Å²) in [6.07, 6.45) is 4.72. The Balaban J connectivity index is 2.07. The lowest BCUT2D eigenvalue weighted by Gasteiger charge is -2.29. The average Bonchev–Trinajstić information content (AvgIpc) is 2.32. The van der Waals surface area contributed by atoms with Crippen molar-refractivity contribution in [2.45, 2.75) is 43.9 Å². The van der Waals surface area contributed by atoms with Crippen LogP contribution >= 0.6 is 11.6 Å². The predicted molar refractivity (Wildman–Crippen MR) is 80.7 cm³/mol. The molecule has 2 rings (SSSR count). The molecule has 2 atom stereocenters. The van der Waals surface area contributed by atoms with Gasteiger partial charge < -0.3 is 5.32 Å². The molecule has 0 radical (unpaired) electrons. The van der Waals surface area contributed by atoms with Crippen LogP contribution in [0.25, 0.3) is 0 Å². The number of benzene rings is 1. The van der Waals surface area contributed by atoms with Crippen molar-refractivity contribution in [3.05, 3.63) is 28.8 Å². The van der Waals surface area contributed by atoms with Gasteiger partial charge in [0.2, 0.25) is 0 Å². The lowest BCUT2D eigenvalue weighted by atomic mass is 9.94. The Kier molecular flexibility index (Phi) is 4.41. The molecule has 1 aliphatic rings. The third kappa shape index (κ3) is 3.86. The first-order valence-electron chi connectivity index (χ1n) is 6.58. The topological polar surface area (TPSA) is 46.2 Å². The van der Waals surface area contributed by atoms with Crippen molar-refractivity contribution in [1.29, 1.82) is 0 Å². The van der Waals surface area contributed by atoms with E-state index in [0.717, 1.165) is 30.5 Å². The van der Waals surface area contributed by atoms with Gasteiger partial charge in [0.05, 0.1) is 16.0 Å². The molecular weight excluding hydrogens is 282 g/mol. The summed E-state index contributed by atoms with van der Waals surface area (Å²) in [5.41, 5.74) is 2.01. The van der Waals surface area contributed by atoms with Gasteiger partial charge in [-0.3, -0.25) is 0 Å². The smallest absolute Gasteiger partial charge is 0.150 e. The number of anilines is 1.